The molecule has 6 heteroatoms. The second-order valence-corrected chi connectivity index (χ2v) is 4.90. The zero-order valence-corrected chi connectivity index (χ0v) is 11.1. The number of aryl methyl sites for hydroxylation is 1. The number of nitrogen functional groups attached to an aromatic ring is 1. The maximum Gasteiger partial charge on any atom is 0.272 e. The molecule has 18 heavy (non-hydrogen) atoms. The third-order valence-electron chi connectivity index (χ3n) is 3.67. The molecular formula is C12H20N4O2. The number of amides is 1. The van der Waals surface area contributed by atoms with Gasteiger partial charge in [0.2, 0.25) is 0 Å². The van der Waals surface area contributed by atoms with E-state index >= 15 is 0 Å². The van der Waals surface area contributed by atoms with E-state index in [1.54, 1.807) is 4.68 Å². The highest BCUT2D eigenvalue weighted by Gasteiger charge is 2.39. The smallest absolute Gasteiger partial charge is 0.272 e. The van der Waals surface area contributed by atoms with Crippen molar-refractivity contribution < 1.29 is 9.53 Å². The predicted molar refractivity (Wildman–Crippen MR) is 68.2 cm³/mol. The Kier molecular flexibility index (Phi) is 3.30. The lowest BCUT2D eigenvalue weighted by Gasteiger charge is -2.29. The number of ether oxygens (including phenoxy) is 1. The van der Waals surface area contributed by atoms with Crippen LogP contribution in [0, 0.1) is 0 Å². The van der Waals surface area contributed by atoms with Crippen molar-refractivity contribution in [1.29, 1.82) is 0 Å². The minimum Gasteiger partial charge on any atom is -0.396 e. The number of anilines is 1. The fourth-order valence-corrected chi connectivity index (χ4v) is 2.21. The number of nitrogens with two attached hydrogens (primary N) is 1. The normalized spacial score (nSPS) is 27.4. The first-order chi connectivity index (χ1) is 8.48. The fourth-order valence-electron chi connectivity index (χ4n) is 2.21. The zero-order valence-electron chi connectivity index (χ0n) is 11.1. The van der Waals surface area contributed by atoms with Crippen LogP contribution in [0.15, 0.2) is 6.20 Å². The van der Waals surface area contributed by atoms with Gasteiger partial charge in [-0.05, 0) is 27.2 Å². The number of rotatable bonds is 3. The molecule has 1 saturated heterocycles. The van der Waals surface area contributed by atoms with Crippen LogP contribution in [0.25, 0.3) is 0 Å². The summed E-state index contributed by atoms with van der Waals surface area (Å²) in [5, 5.41) is 7.09. The highest BCUT2D eigenvalue weighted by molar-refractivity contribution is 5.97. The Balaban J connectivity index is 2.19. The van der Waals surface area contributed by atoms with Crippen molar-refractivity contribution in [2.75, 3.05) is 12.3 Å². The minimum atomic E-state index is -0.341. The molecule has 1 aromatic heterocycles. The van der Waals surface area contributed by atoms with Crippen molar-refractivity contribution >= 4 is 11.6 Å². The molecule has 2 unspecified atom stereocenters. The number of aromatic nitrogens is 2. The molecule has 1 aliphatic rings. The van der Waals surface area contributed by atoms with E-state index in [4.69, 9.17) is 10.5 Å². The van der Waals surface area contributed by atoms with Crippen molar-refractivity contribution in [1.82, 2.24) is 15.1 Å². The van der Waals surface area contributed by atoms with Gasteiger partial charge in [-0.1, -0.05) is 0 Å². The fraction of sp³-hybridized carbons (Fsp3) is 0.667. The lowest BCUT2D eigenvalue weighted by atomic mass is 9.94. The molecule has 1 aromatic rings. The van der Waals surface area contributed by atoms with Gasteiger partial charge < -0.3 is 15.8 Å². The summed E-state index contributed by atoms with van der Waals surface area (Å²) in [6.45, 7) is 7.16. The zero-order chi connectivity index (χ0) is 13.3. The van der Waals surface area contributed by atoms with Gasteiger partial charge in [0.25, 0.3) is 5.91 Å². The number of hydrogen-bond acceptors (Lipinski definition) is 4. The molecular weight excluding hydrogens is 232 g/mol. The summed E-state index contributed by atoms with van der Waals surface area (Å²) < 4.78 is 7.11. The summed E-state index contributed by atoms with van der Waals surface area (Å²) in [5.41, 5.74) is 6.29. The molecule has 2 rings (SSSR count). The topological polar surface area (TPSA) is 82.2 Å². The largest absolute Gasteiger partial charge is 0.396 e. The first-order valence-corrected chi connectivity index (χ1v) is 6.23. The minimum absolute atomic E-state index is 0.000623. The van der Waals surface area contributed by atoms with Crippen LogP contribution in [-0.2, 0) is 11.3 Å². The standard InChI is InChI=1S/C12H20N4O2/c1-4-16-10(9(13)7-14-16)11(17)15-12(3)5-6-18-8(12)2/h7-8H,4-6,13H2,1-3H3,(H,15,17). The third kappa shape index (κ3) is 2.08. The van der Waals surface area contributed by atoms with Crippen LogP contribution in [0.2, 0.25) is 0 Å². The van der Waals surface area contributed by atoms with Gasteiger partial charge in [-0.25, -0.2) is 0 Å². The van der Waals surface area contributed by atoms with Crippen LogP contribution in [0.5, 0.6) is 0 Å². The summed E-state index contributed by atoms with van der Waals surface area (Å²) >= 11 is 0. The van der Waals surface area contributed by atoms with E-state index in [-0.39, 0.29) is 17.6 Å². The average molecular weight is 252 g/mol. The number of carbonyl (C=O) groups excluding carboxylic acids is 1. The van der Waals surface area contributed by atoms with E-state index in [1.165, 1.54) is 6.20 Å². The Labute approximate surface area is 106 Å². The first kappa shape index (κ1) is 12.9. The summed E-state index contributed by atoms with van der Waals surface area (Å²) in [7, 11) is 0. The van der Waals surface area contributed by atoms with Gasteiger partial charge in [0.05, 0.1) is 23.5 Å². The maximum atomic E-state index is 12.3. The van der Waals surface area contributed by atoms with Crippen molar-refractivity contribution in [2.24, 2.45) is 0 Å². The van der Waals surface area contributed by atoms with Crippen LogP contribution in [0.1, 0.15) is 37.7 Å². The quantitative estimate of drug-likeness (QED) is 0.833. The van der Waals surface area contributed by atoms with E-state index in [0.717, 1.165) is 6.42 Å². The van der Waals surface area contributed by atoms with Crippen molar-refractivity contribution in [3.8, 4) is 0 Å². The molecule has 1 aliphatic heterocycles. The lowest BCUT2D eigenvalue weighted by molar-refractivity contribution is 0.0721. The van der Waals surface area contributed by atoms with Crippen molar-refractivity contribution in [3.05, 3.63) is 11.9 Å². The molecule has 1 amide bonds. The molecule has 0 spiro atoms. The molecule has 0 bridgehead atoms. The molecule has 0 saturated carbocycles. The van der Waals surface area contributed by atoms with Crippen LogP contribution < -0.4 is 11.1 Å². The summed E-state index contributed by atoms with van der Waals surface area (Å²) in [5.74, 6) is -0.188. The Bertz CT molecular complexity index is 457. The number of nitrogens with zero attached hydrogens (tertiary/aromatic N) is 2. The summed E-state index contributed by atoms with van der Waals surface area (Å²) in [4.78, 5) is 12.3. The van der Waals surface area contributed by atoms with Gasteiger partial charge in [0.1, 0.15) is 5.69 Å². The number of nitrogens with one attached hydrogen (secondary N) is 1. The molecule has 3 N–H and O–H groups in total. The van der Waals surface area contributed by atoms with Gasteiger partial charge >= 0.3 is 0 Å². The molecule has 0 radical (unpaired) electrons. The van der Waals surface area contributed by atoms with Gasteiger partial charge in [-0.15, -0.1) is 0 Å². The van der Waals surface area contributed by atoms with Crippen molar-refractivity contribution in [3.63, 3.8) is 0 Å². The van der Waals surface area contributed by atoms with E-state index < -0.39 is 0 Å². The second-order valence-electron chi connectivity index (χ2n) is 4.90. The molecule has 100 valence electrons. The first-order valence-electron chi connectivity index (χ1n) is 6.23. The number of carbonyl (C=O) groups is 1. The summed E-state index contributed by atoms with van der Waals surface area (Å²) in [6, 6.07) is 0. The van der Waals surface area contributed by atoms with Gasteiger partial charge in [0.15, 0.2) is 0 Å². The van der Waals surface area contributed by atoms with Gasteiger partial charge in [-0.3, -0.25) is 9.48 Å². The predicted octanol–water partition coefficient (Wildman–Crippen LogP) is 0.782. The van der Waals surface area contributed by atoms with E-state index in [1.807, 2.05) is 20.8 Å². The Morgan fingerprint density at radius 2 is 2.50 bits per heavy atom. The third-order valence-corrected chi connectivity index (χ3v) is 3.67. The Morgan fingerprint density at radius 1 is 1.78 bits per heavy atom. The molecule has 1 fully saturated rings. The average Bonchev–Trinajstić information content (AvgIpc) is 2.83. The highest BCUT2D eigenvalue weighted by atomic mass is 16.5. The van der Waals surface area contributed by atoms with Crippen LogP contribution in [0.3, 0.4) is 0 Å². The van der Waals surface area contributed by atoms with E-state index in [9.17, 15) is 4.79 Å². The molecule has 6 nitrogen and oxygen atoms in total. The Hall–Kier alpha value is -1.56. The molecule has 0 aromatic carbocycles. The maximum absolute atomic E-state index is 12.3. The second kappa shape index (κ2) is 4.61. The van der Waals surface area contributed by atoms with E-state index in [0.29, 0.717) is 24.5 Å². The molecule has 2 heterocycles. The monoisotopic (exact) mass is 252 g/mol. The lowest BCUT2D eigenvalue weighted by Crippen LogP contribution is -2.51. The van der Waals surface area contributed by atoms with Crippen LogP contribution in [-0.4, -0.2) is 33.9 Å². The molecule has 2 atom stereocenters. The van der Waals surface area contributed by atoms with Crippen LogP contribution >= 0.6 is 0 Å². The van der Waals surface area contributed by atoms with Gasteiger partial charge in [0, 0.05) is 13.2 Å². The Morgan fingerprint density at radius 3 is 3.06 bits per heavy atom. The highest BCUT2D eigenvalue weighted by Crippen LogP contribution is 2.26. The van der Waals surface area contributed by atoms with Crippen molar-refractivity contribution in [2.45, 2.75) is 45.4 Å². The van der Waals surface area contributed by atoms with Crippen LogP contribution in [0.4, 0.5) is 5.69 Å². The number of hydrogen-bond donors (Lipinski definition) is 2. The molecule has 0 aliphatic carbocycles. The van der Waals surface area contributed by atoms with Gasteiger partial charge in [-0.2, -0.15) is 5.10 Å². The summed E-state index contributed by atoms with van der Waals surface area (Å²) in [6.07, 6.45) is 2.32. The van der Waals surface area contributed by atoms with E-state index in [2.05, 4.69) is 10.4 Å². The SMILES string of the molecule is CCn1ncc(N)c1C(=O)NC1(C)CCOC1C.